The van der Waals surface area contributed by atoms with Crippen LogP contribution < -0.4 is 10.1 Å². The van der Waals surface area contributed by atoms with Crippen molar-refractivity contribution in [3.05, 3.63) is 36.0 Å². The highest BCUT2D eigenvalue weighted by Crippen LogP contribution is 2.21. The summed E-state index contributed by atoms with van der Waals surface area (Å²) in [5, 5.41) is 9.84. The summed E-state index contributed by atoms with van der Waals surface area (Å²) in [7, 11) is 1.63. The Morgan fingerprint density at radius 2 is 2.10 bits per heavy atom. The molecular formula is C15H19N3O2. The van der Waals surface area contributed by atoms with Gasteiger partial charge in [-0.25, -0.2) is 0 Å². The Balaban J connectivity index is 2.13. The minimum atomic E-state index is -0.133. The molecule has 5 heteroatoms. The number of aromatic amines is 1. The molecule has 2 N–H and O–H groups in total. The maximum absolute atomic E-state index is 12.0. The van der Waals surface area contributed by atoms with E-state index in [-0.39, 0.29) is 11.9 Å². The van der Waals surface area contributed by atoms with Gasteiger partial charge in [-0.1, -0.05) is 6.92 Å². The van der Waals surface area contributed by atoms with E-state index < -0.39 is 0 Å². The molecule has 0 fully saturated rings. The molecule has 0 radical (unpaired) electrons. The third-order valence-corrected chi connectivity index (χ3v) is 3.20. The van der Waals surface area contributed by atoms with Crippen LogP contribution >= 0.6 is 0 Å². The van der Waals surface area contributed by atoms with Crippen LogP contribution in [0.1, 0.15) is 30.8 Å². The standard InChI is InChI=1S/C15H19N3O2/c1-4-10(2)16-15(19)14-9-13(17-18-14)11-5-7-12(20-3)8-6-11/h5-10H,4H2,1-3H3,(H,16,19)(H,17,18). The predicted molar refractivity (Wildman–Crippen MR) is 77.8 cm³/mol. The number of ether oxygens (including phenoxy) is 1. The Morgan fingerprint density at radius 1 is 1.40 bits per heavy atom. The molecule has 0 aliphatic heterocycles. The molecule has 0 bridgehead atoms. The number of benzene rings is 1. The number of rotatable bonds is 5. The number of nitrogens with one attached hydrogen (secondary N) is 2. The highest BCUT2D eigenvalue weighted by Gasteiger charge is 2.12. The fourth-order valence-corrected chi connectivity index (χ4v) is 1.75. The van der Waals surface area contributed by atoms with E-state index in [4.69, 9.17) is 4.74 Å². The van der Waals surface area contributed by atoms with Crippen LogP contribution in [-0.2, 0) is 0 Å². The molecule has 0 saturated heterocycles. The summed E-state index contributed by atoms with van der Waals surface area (Å²) >= 11 is 0. The molecule has 2 rings (SSSR count). The number of nitrogens with zero attached hydrogens (tertiary/aromatic N) is 1. The summed E-state index contributed by atoms with van der Waals surface area (Å²) in [5.41, 5.74) is 2.14. The quantitative estimate of drug-likeness (QED) is 0.880. The molecule has 0 saturated carbocycles. The predicted octanol–water partition coefficient (Wildman–Crippen LogP) is 2.61. The molecule has 1 aromatic carbocycles. The lowest BCUT2D eigenvalue weighted by Crippen LogP contribution is -2.32. The van der Waals surface area contributed by atoms with Gasteiger partial charge in [0.25, 0.3) is 5.91 Å². The monoisotopic (exact) mass is 273 g/mol. The first kappa shape index (κ1) is 14.1. The number of methoxy groups -OCH3 is 1. The third-order valence-electron chi connectivity index (χ3n) is 3.20. The molecule has 1 atom stereocenters. The number of hydrogen-bond acceptors (Lipinski definition) is 3. The zero-order chi connectivity index (χ0) is 14.5. The van der Waals surface area contributed by atoms with Crippen LogP contribution in [0.5, 0.6) is 5.75 Å². The molecule has 2 aromatic rings. The van der Waals surface area contributed by atoms with Gasteiger partial charge in [0, 0.05) is 11.6 Å². The summed E-state index contributed by atoms with van der Waals surface area (Å²) in [5.74, 6) is 0.658. The molecule has 1 amide bonds. The first-order valence-electron chi connectivity index (χ1n) is 6.64. The second-order valence-corrected chi connectivity index (χ2v) is 4.68. The van der Waals surface area contributed by atoms with Crippen LogP contribution in [0.2, 0.25) is 0 Å². The van der Waals surface area contributed by atoms with E-state index in [1.165, 1.54) is 0 Å². The van der Waals surface area contributed by atoms with Gasteiger partial charge in [0.05, 0.1) is 12.8 Å². The Labute approximate surface area is 118 Å². The van der Waals surface area contributed by atoms with Crippen molar-refractivity contribution in [2.75, 3.05) is 7.11 Å². The number of amides is 1. The van der Waals surface area contributed by atoms with Gasteiger partial charge in [0.1, 0.15) is 11.4 Å². The van der Waals surface area contributed by atoms with E-state index in [0.717, 1.165) is 23.4 Å². The van der Waals surface area contributed by atoms with Crippen LogP contribution in [0.4, 0.5) is 0 Å². The maximum atomic E-state index is 12.0. The normalized spacial score (nSPS) is 11.9. The van der Waals surface area contributed by atoms with E-state index in [0.29, 0.717) is 5.69 Å². The highest BCUT2D eigenvalue weighted by atomic mass is 16.5. The van der Waals surface area contributed by atoms with Crippen molar-refractivity contribution in [3.63, 3.8) is 0 Å². The van der Waals surface area contributed by atoms with Gasteiger partial charge in [-0.2, -0.15) is 5.10 Å². The number of carbonyl (C=O) groups is 1. The molecule has 0 spiro atoms. The maximum Gasteiger partial charge on any atom is 0.269 e. The van der Waals surface area contributed by atoms with Crippen molar-refractivity contribution in [1.29, 1.82) is 0 Å². The lowest BCUT2D eigenvalue weighted by Gasteiger charge is -2.09. The largest absolute Gasteiger partial charge is 0.497 e. The first-order valence-corrected chi connectivity index (χ1v) is 6.64. The van der Waals surface area contributed by atoms with Crippen LogP contribution in [-0.4, -0.2) is 29.3 Å². The van der Waals surface area contributed by atoms with Crippen molar-refractivity contribution < 1.29 is 9.53 Å². The van der Waals surface area contributed by atoms with Gasteiger partial charge >= 0.3 is 0 Å². The molecule has 1 aromatic heterocycles. The molecule has 1 heterocycles. The van der Waals surface area contributed by atoms with Crippen molar-refractivity contribution >= 4 is 5.91 Å². The smallest absolute Gasteiger partial charge is 0.269 e. The third kappa shape index (κ3) is 3.17. The molecule has 20 heavy (non-hydrogen) atoms. The fourth-order valence-electron chi connectivity index (χ4n) is 1.75. The van der Waals surface area contributed by atoms with E-state index in [1.54, 1.807) is 13.2 Å². The Bertz CT molecular complexity index is 575. The van der Waals surface area contributed by atoms with Gasteiger partial charge in [0.15, 0.2) is 0 Å². The zero-order valence-corrected chi connectivity index (χ0v) is 11.9. The average molecular weight is 273 g/mol. The number of aromatic nitrogens is 2. The molecule has 0 aliphatic rings. The summed E-state index contributed by atoms with van der Waals surface area (Å²) in [6.45, 7) is 4.00. The average Bonchev–Trinajstić information content (AvgIpc) is 2.97. The zero-order valence-electron chi connectivity index (χ0n) is 11.9. The van der Waals surface area contributed by atoms with Crippen molar-refractivity contribution in [1.82, 2.24) is 15.5 Å². The van der Waals surface area contributed by atoms with Crippen LogP contribution in [0.25, 0.3) is 11.3 Å². The van der Waals surface area contributed by atoms with E-state index in [1.807, 2.05) is 38.1 Å². The molecule has 0 aliphatic carbocycles. The lowest BCUT2D eigenvalue weighted by molar-refractivity contribution is 0.0934. The number of H-pyrrole nitrogens is 1. The van der Waals surface area contributed by atoms with Gasteiger partial charge in [0.2, 0.25) is 0 Å². The van der Waals surface area contributed by atoms with Gasteiger partial charge in [-0.05, 0) is 43.7 Å². The van der Waals surface area contributed by atoms with Gasteiger partial charge in [-0.3, -0.25) is 9.89 Å². The number of carbonyl (C=O) groups excluding carboxylic acids is 1. The topological polar surface area (TPSA) is 67.0 Å². The van der Waals surface area contributed by atoms with Crippen LogP contribution in [0.3, 0.4) is 0 Å². The minimum Gasteiger partial charge on any atom is -0.497 e. The number of hydrogen-bond donors (Lipinski definition) is 2. The summed E-state index contributed by atoms with van der Waals surface area (Å²) in [4.78, 5) is 12.0. The molecular weight excluding hydrogens is 254 g/mol. The van der Waals surface area contributed by atoms with Crippen LogP contribution in [0.15, 0.2) is 30.3 Å². The van der Waals surface area contributed by atoms with Crippen molar-refractivity contribution in [2.45, 2.75) is 26.3 Å². The van der Waals surface area contributed by atoms with Crippen molar-refractivity contribution in [3.8, 4) is 17.0 Å². The Kier molecular flexibility index (Phi) is 4.40. The van der Waals surface area contributed by atoms with E-state index >= 15 is 0 Å². The molecule has 106 valence electrons. The lowest BCUT2D eigenvalue weighted by atomic mass is 10.1. The van der Waals surface area contributed by atoms with E-state index in [2.05, 4.69) is 15.5 Å². The van der Waals surface area contributed by atoms with Crippen molar-refractivity contribution in [2.24, 2.45) is 0 Å². The minimum absolute atomic E-state index is 0.133. The summed E-state index contributed by atoms with van der Waals surface area (Å²) in [6, 6.07) is 9.44. The van der Waals surface area contributed by atoms with Crippen LogP contribution in [0, 0.1) is 0 Å². The Morgan fingerprint density at radius 3 is 2.70 bits per heavy atom. The van der Waals surface area contributed by atoms with Gasteiger partial charge < -0.3 is 10.1 Å². The second-order valence-electron chi connectivity index (χ2n) is 4.68. The highest BCUT2D eigenvalue weighted by molar-refractivity contribution is 5.93. The van der Waals surface area contributed by atoms with E-state index in [9.17, 15) is 4.79 Å². The summed E-state index contributed by atoms with van der Waals surface area (Å²) in [6.07, 6.45) is 0.894. The second kappa shape index (κ2) is 6.23. The SMILES string of the molecule is CCC(C)NC(=O)c1cc(-c2ccc(OC)cc2)n[nH]1. The fraction of sp³-hybridized carbons (Fsp3) is 0.333. The summed E-state index contributed by atoms with van der Waals surface area (Å²) < 4.78 is 5.11. The molecule has 5 nitrogen and oxygen atoms in total. The first-order chi connectivity index (χ1) is 9.63. The van der Waals surface area contributed by atoms with Gasteiger partial charge in [-0.15, -0.1) is 0 Å². The Hall–Kier alpha value is -2.30. The molecule has 1 unspecified atom stereocenters.